The van der Waals surface area contributed by atoms with E-state index in [1.54, 1.807) is 0 Å². The molecule has 0 amide bonds. The van der Waals surface area contributed by atoms with Crippen molar-refractivity contribution in [2.75, 3.05) is 0 Å². The van der Waals surface area contributed by atoms with Crippen LogP contribution in [0.5, 0.6) is 0 Å². The molecule has 0 aliphatic carbocycles. The molecule has 0 spiro atoms. The number of hydrogen-bond donors (Lipinski definition) is 0. The molecule has 0 aliphatic heterocycles. The molecule has 0 aliphatic rings. The Kier molecular flexibility index (Phi) is 6.61. The molecule has 0 aromatic heterocycles. The van der Waals surface area contributed by atoms with Crippen molar-refractivity contribution in [1.82, 2.24) is 0 Å². The highest BCUT2D eigenvalue weighted by Gasteiger charge is 2.03. The quantitative estimate of drug-likeness (QED) is 0.407. The highest BCUT2D eigenvalue weighted by Crippen LogP contribution is 2.08. The Morgan fingerprint density at radius 3 is 2.00 bits per heavy atom. The average molecular weight is 154 g/mol. The summed E-state index contributed by atoms with van der Waals surface area (Å²) in [5.41, 5.74) is 0. The Balaban J connectivity index is 3.48. The molecule has 0 atom stereocenters. The maximum Gasteiger partial charge on any atom is 0.0442 e. The van der Waals surface area contributed by atoms with E-state index in [1.807, 2.05) is 0 Å². The summed E-state index contributed by atoms with van der Waals surface area (Å²) in [7, 11) is -0.470. The summed E-state index contributed by atoms with van der Waals surface area (Å²) in [6.07, 6.45) is 5.46. The second kappa shape index (κ2) is 6.81. The van der Waals surface area contributed by atoms with Gasteiger partial charge >= 0.3 is 0 Å². The van der Waals surface area contributed by atoms with Crippen LogP contribution in [0.25, 0.3) is 0 Å². The molecule has 0 fully saturated rings. The lowest BCUT2D eigenvalue weighted by atomic mass is 10.6. The summed E-state index contributed by atoms with van der Waals surface area (Å²) in [4.78, 5) is 0. The van der Waals surface area contributed by atoms with Gasteiger partial charge in [-0.2, -0.15) is 0 Å². The molecule has 0 nitrogen and oxygen atoms in total. The summed E-state index contributed by atoms with van der Waals surface area (Å²) >= 11 is 0. The summed E-state index contributed by atoms with van der Waals surface area (Å²) in [6.45, 7) is 9.79. The molecule has 0 heterocycles. The zero-order chi connectivity index (χ0) is 7.82. The first kappa shape index (κ1) is 9.70. The van der Waals surface area contributed by atoms with Crippen molar-refractivity contribution in [3.8, 4) is 0 Å². The highest BCUT2D eigenvalue weighted by atomic mass is 28.3. The Hall–Kier alpha value is -0.303. The van der Waals surface area contributed by atoms with Crippen molar-refractivity contribution in [3.05, 3.63) is 25.3 Å². The lowest BCUT2D eigenvalue weighted by Gasteiger charge is -2.07. The Morgan fingerprint density at radius 1 is 1.20 bits per heavy atom. The SMILES string of the molecule is C=CC[SiH](CC=C)CCC. The van der Waals surface area contributed by atoms with Crippen LogP contribution >= 0.6 is 0 Å². The fourth-order valence-electron chi connectivity index (χ4n) is 1.21. The zero-order valence-electron chi connectivity index (χ0n) is 6.97. The van der Waals surface area contributed by atoms with Crippen molar-refractivity contribution in [2.45, 2.75) is 31.5 Å². The fourth-order valence-corrected chi connectivity index (χ4v) is 3.63. The predicted octanol–water partition coefficient (Wildman–Crippen LogP) is 3.00. The topological polar surface area (TPSA) is 0 Å². The molecule has 10 heavy (non-hydrogen) atoms. The van der Waals surface area contributed by atoms with Crippen LogP contribution in [0.4, 0.5) is 0 Å². The Bertz CT molecular complexity index is 86.9. The van der Waals surface area contributed by atoms with Crippen molar-refractivity contribution in [3.63, 3.8) is 0 Å². The lowest BCUT2D eigenvalue weighted by molar-refractivity contribution is 1.05. The van der Waals surface area contributed by atoms with Gasteiger partial charge in [-0.1, -0.05) is 31.5 Å². The van der Waals surface area contributed by atoms with E-state index in [1.165, 1.54) is 24.6 Å². The second-order valence-corrected chi connectivity index (χ2v) is 5.96. The minimum absolute atomic E-state index is 0.470. The predicted molar refractivity (Wildman–Crippen MR) is 52.3 cm³/mol. The van der Waals surface area contributed by atoms with Gasteiger partial charge in [0.15, 0.2) is 0 Å². The van der Waals surface area contributed by atoms with E-state index in [0.29, 0.717) is 0 Å². The van der Waals surface area contributed by atoms with Gasteiger partial charge in [-0.3, -0.25) is 0 Å². The van der Waals surface area contributed by atoms with E-state index in [-0.39, 0.29) is 0 Å². The number of allylic oxidation sites excluding steroid dienone is 2. The number of rotatable bonds is 6. The fraction of sp³-hybridized carbons (Fsp3) is 0.556. The van der Waals surface area contributed by atoms with E-state index in [2.05, 4.69) is 32.2 Å². The minimum Gasteiger partial charge on any atom is -0.103 e. The lowest BCUT2D eigenvalue weighted by Crippen LogP contribution is -2.07. The monoisotopic (exact) mass is 154 g/mol. The van der Waals surface area contributed by atoms with Crippen molar-refractivity contribution in [2.24, 2.45) is 0 Å². The van der Waals surface area contributed by atoms with Crippen LogP contribution in [0.2, 0.25) is 18.1 Å². The first-order valence-electron chi connectivity index (χ1n) is 4.06. The van der Waals surface area contributed by atoms with Gasteiger partial charge in [-0.15, -0.1) is 13.2 Å². The van der Waals surface area contributed by atoms with Gasteiger partial charge in [0.1, 0.15) is 0 Å². The molecule has 0 aromatic rings. The van der Waals surface area contributed by atoms with Gasteiger partial charge < -0.3 is 0 Å². The third-order valence-electron chi connectivity index (χ3n) is 1.70. The van der Waals surface area contributed by atoms with E-state index in [9.17, 15) is 0 Å². The van der Waals surface area contributed by atoms with E-state index >= 15 is 0 Å². The summed E-state index contributed by atoms with van der Waals surface area (Å²) in [5, 5.41) is 0. The van der Waals surface area contributed by atoms with Gasteiger partial charge in [0.05, 0.1) is 0 Å². The third kappa shape index (κ3) is 4.56. The van der Waals surface area contributed by atoms with Crippen molar-refractivity contribution < 1.29 is 0 Å². The van der Waals surface area contributed by atoms with Crippen LogP contribution in [0.1, 0.15) is 13.3 Å². The highest BCUT2D eigenvalue weighted by molar-refractivity contribution is 6.59. The minimum atomic E-state index is -0.470. The van der Waals surface area contributed by atoms with Gasteiger partial charge in [-0.05, 0) is 12.1 Å². The zero-order valence-corrected chi connectivity index (χ0v) is 8.13. The molecule has 0 aromatic carbocycles. The van der Waals surface area contributed by atoms with E-state index in [4.69, 9.17) is 0 Å². The Morgan fingerprint density at radius 2 is 1.70 bits per heavy atom. The first-order chi connectivity index (χ1) is 4.85. The summed E-state index contributed by atoms with van der Waals surface area (Å²) in [6, 6.07) is 4.00. The van der Waals surface area contributed by atoms with Gasteiger partial charge in [0, 0.05) is 8.80 Å². The average Bonchev–Trinajstić information content (AvgIpc) is 1.90. The van der Waals surface area contributed by atoms with Crippen molar-refractivity contribution >= 4 is 8.80 Å². The van der Waals surface area contributed by atoms with Crippen LogP contribution in [0.3, 0.4) is 0 Å². The van der Waals surface area contributed by atoms with E-state index < -0.39 is 8.80 Å². The van der Waals surface area contributed by atoms with Crippen LogP contribution in [-0.4, -0.2) is 8.80 Å². The molecule has 0 radical (unpaired) electrons. The van der Waals surface area contributed by atoms with Crippen molar-refractivity contribution in [1.29, 1.82) is 0 Å². The molecule has 1 heteroatoms. The standard InChI is InChI=1S/C9H18Si/c1-4-7-10(8-5-2)9-6-3/h4-5,10H,1-2,6-9H2,3H3. The third-order valence-corrected chi connectivity index (χ3v) is 5.09. The molecule has 0 bridgehead atoms. The van der Waals surface area contributed by atoms with Gasteiger partial charge in [-0.25, -0.2) is 0 Å². The largest absolute Gasteiger partial charge is 0.103 e. The van der Waals surface area contributed by atoms with Crippen LogP contribution in [0, 0.1) is 0 Å². The molecule has 0 unspecified atom stereocenters. The van der Waals surface area contributed by atoms with Crippen LogP contribution < -0.4 is 0 Å². The first-order valence-corrected chi connectivity index (χ1v) is 6.51. The molecule has 0 saturated carbocycles. The molecule has 0 N–H and O–H groups in total. The molecule has 0 rings (SSSR count). The van der Waals surface area contributed by atoms with Crippen LogP contribution in [-0.2, 0) is 0 Å². The molecular formula is C9H18Si. The van der Waals surface area contributed by atoms with Gasteiger partial charge in [0.25, 0.3) is 0 Å². The maximum absolute atomic E-state index is 3.77. The Labute approximate surface area is 66.3 Å². The normalized spacial score (nSPS) is 9.80. The van der Waals surface area contributed by atoms with Crippen LogP contribution in [0.15, 0.2) is 25.3 Å². The summed E-state index contributed by atoms with van der Waals surface area (Å²) in [5.74, 6) is 0. The smallest absolute Gasteiger partial charge is 0.0442 e. The van der Waals surface area contributed by atoms with Gasteiger partial charge in [0.2, 0.25) is 0 Å². The van der Waals surface area contributed by atoms with E-state index in [0.717, 1.165) is 0 Å². The number of hydrogen-bond acceptors (Lipinski definition) is 0. The second-order valence-electron chi connectivity index (χ2n) is 2.70. The molecule has 58 valence electrons. The molecule has 0 saturated heterocycles. The molecular weight excluding hydrogens is 136 g/mol. The summed E-state index contributed by atoms with van der Waals surface area (Å²) < 4.78 is 0. The maximum atomic E-state index is 3.77.